The smallest absolute Gasteiger partial charge is 0.0623 e. The van der Waals surface area contributed by atoms with Crippen LogP contribution in [0, 0.1) is 5.41 Å². The lowest BCUT2D eigenvalue weighted by atomic mass is 9.87. The van der Waals surface area contributed by atoms with Gasteiger partial charge >= 0.3 is 0 Å². The van der Waals surface area contributed by atoms with Crippen LogP contribution in [0.15, 0.2) is 103 Å². The first-order valence-corrected chi connectivity index (χ1v) is 12.8. The molecule has 0 bridgehead atoms. The summed E-state index contributed by atoms with van der Waals surface area (Å²) < 4.78 is 0. The molecule has 0 amide bonds. The van der Waals surface area contributed by atoms with Crippen LogP contribution in [-0.2, 0) is 6.42 Å². The van der Waals surface area contributed by atoms with Gasteiger partial charge in [0.2, 0.25) is 0 Å². The lowest BCUT2D eigenvalue weighted by Gasteiger charge is -2.31. The molecule has 1 aliphatic heterocycles. The Morgan fingerprint density at radius 2 is 1.10 bits per heavy atom. The Morgan fingerprint density at radius 1 is 0.567 bits per heavy atom. The molecule has 0 aromatic heterocycles. The number of fused-ring (bicyclic) bond motifs is 3. The average Bonchev–Trinajstić information content (AvgIpc) is 3.05. The van der Waals surface area contributed by atoms with E-state index in [2.05, 4.69) is 124 Å². The molecular weight excluding hydrogens is 376 g/mol. The number of hydrogen-bond donors (Lipinski definition) is 0. The third kappa shape index (κ3) is 2.97. The molecule has 0 fully saturated rings. The SMILES string of the molecule is CC(C)(C)Cc1ccc2c(c1)-c1ccccc1[Si]2(c1ccccc1)c1ccccc1. The fraction of sp³-hybridized carbons (Fsp3) is 0.172. The quantitative estimate of drug-likeness (QED) is 0.385. The number of benzene rings is 4. The van der Waals surface area contributed by atoms with Crippen LogP contribution in [0.25, 0.3) is 11.1 Å². The molecule has 1 heteroatoms. The molecule has 1 heterocycles. The van der Waals surface area contributed by atoms with E-state index in [1.165, 1.54) is 37.4 Å². The third-order valence-electron chi connectivity index (χ3n) is 6.26. The maximum absolute atomic E-state index is 2.47. The Kier molecular flexibility index (Phi) is 4.52. The fourth-order valence-corrected chi connectivity index (χ4v) is 10.4. The summed E-state index contributed by atoms with van der Waals surface area (Å²) >= 11 is 0. The van der Waals surface area contributed by atoms with Gasteiger partial charge in [-0.1, -0.05) is 124 Å². The minimum Gasteiger partial charge on any atom is -0.0623 e. The average molecular weight is 405 g/mol. The molecule has 4 aromatic carbocycles. The van der Waals surface area contributed by atoms with Crippen molar-refractivity contribution in [2.45, 2.75) is 27.2 Å². The molecule has 148 valence electrons. The Hall–Kier alpha value is -2.90. The molecule has 0 nitrogen and oxygen atoms in total. The van der Waals surface area contributed by atoms with Crippen molar-refractivity contribution in [3.8, 4) is 11.1 Å². The molecule has 0 radical (unpaired) electrons. The summed E-state index contributed by atoms with van der Waals surface area (Å²) in [5.74, 6) is 0. The molecule has 30 heavy (non-hydrogen) atoms. The van der Waals surface area contributed by atoms with E-state index in [0.717, 1.165) is 6.42 Å². The zero-order chi connectivity index (χ0) is 20.8. The van der Waals surface area contributed by atoms with E-state index in [9.17, 15) is 0 Å². The van der Waals surface area contributed by atoms with Crippen molar-refractivity contribution in [2.24, 2.45) is 5.41 Å². The van der Waals surface area contributed by atoms with E-state index in [4.69, 9.17) is 0 Å². The normalized spacial score (nSPS) is 14.2. The van der Waals surface area contributed by atoms with Crippen LogP contribution >= 0.6 is 0 Å². The Bertz CT molecular complexity index is 1140. The summed E-state index contributed by atoms with van der Waals surface area (Å²) in [5, 5.41) is 5.97. The highest BCUT2D eigenvalue weighted by Crippen LogP contribution is 2.31. The second kappa shape index (κ2) is 7.11. The van der Waals surface area contributed by atoms with Crippen molar-refractivity contribution in [1.82, 2.24) is 0 Å². The van der Waals surface area contributed by atoms with E-state index in [-0.39, 0.29) is 5.41 Å². The molecule has 0 saturated heterocycles. The summed E-state index contributed by atoms with van der Waals surface area (Å²) in [4.78, 5) is 0. The van der Waals surface area contributed by atoms with Crippen molar-refractivity contribution in [3.63, 3.8) is 0 Å². The summed E-state index contributed by atoms with van der Waals surface area (Å²) in [6.07, 6.45) is 1.09. The fourth-order valence-electron chi connectivity index (χ4n) is 5.22. The van der Waals surface area contributed by atoms with E-state index >= 15 is 0 Å². The molecule has 0 aliphatic carbocycles. The number of rotatable bonds is 3. The van der Waals surface area contributed by atoms with E-state index in [1.807, 2.05) is 0 Å². The predicted molar refractivity (Wildman–Crippen MR) is 132 cm³/mol. The van der Waals surface area contributed by atoms with Crippen molar-refractivity contribution in [3.05, 3.63) is 109 Å². The molecule has 5 rings (SSSR count). The molecule has 0 unspecified atom stereocenters. The minimum absolute atomic E-state index is 0.278. The molecule has 1 aliphatic rings. The molecule has 0 N–H and O–H groups in total. The van der Waals surface area contributed by atoms with Gasteiger partial charge in [-0.3, -0.25) is 0 Å². The van der Waals surface area contributed by atoms with Gasteiger partial charge in [0.15, 0.2) is 8.07 Å². The monoisotopic (exact) mass is 404 g/mol. The summed E-state index contributed by atoms with van der Waals surface area (Å²) in [6, 6.07) is 38.8. The van der Waals surface area contributed by atoms with Gasteiger partial charge in [0.1, 0.15) is 0 Å². The van der Waals surface area contributed by atoms with Crippen molar-refractivity contribution in [1.29, 1.82) is 0 Å². The van der Waals surface area contributed by atoms with Gasteiger partial charge in [0.05, 0.1) is 0 Å². The molecule has 0 atom stereocenters. The van der Waals surface area contributed by atoms with Crippen molar-refractivity contribution >= 4 is 28.8 Å². The van der Waals surface area contributed by atoms with E-state index in [1.54, 1.807) is 0 Å². The van der Waals surface area contributed by atoms with Gasteiger partial charge in [0, 0.05) is 0 Å². The van der Waals surface area contributed by atoms with Crippen LogP contribution < -0.4 is 20.7 Å². The van der Waals surface area contributed by atoms with Gasteiger partial charge < -0.3 is 0 Å². The summed E-state index contributed by atoms with van der Waals surface area (Å²) in [6.45, 7) is 6.96. The van der Waals surface area contributed by atoms with Gasteiger partial charge in [-0.2, -0.15) is 0 Å². The predicted octanol–water partition coefficient (Wildman–Crippen LogP) is 4.63. The Morgan fingerprint density at radius 3 is 1.70 bits per heavy atom. The highest BCUT2D eigenvalue weighted by atomic mass is 28.3. The highest BCUT2D eigenvalue weighted by Gasteiger charge is 2.48. The summed E-state index contributed by atoms with van der Waals surface area (Å²) in [7, 11) is -2.31. The number of hydrogen-bond acceptors (Lipinski definition) is 0. The van der Waals surface area contributed by atoms with E-state index in [0.29, 0.717) is 0 Å². The van der Waals surface area contributed by atoms with Crippen molar-refractivity contribution < 1.29 is 0 Å². The Labute approximate surface area is 181 Å². The third-order valence-corrected chi connectivity index (χ3v) is 11.1. The maximum Gasteiger partial charge on any atom is 0.180 e. The van der Waals surface area contributed by atoms with Crippen LogP contribution in [-0.4, -0.2) is 8.07 Å². The minimum atomic E-state index is -2.31. The van der Waals surface area contributed by atoms with Gasteiger partial charge in [-0.25, -0.2) is 0 Å². The first kappa shape index (κ1) is 19.1. The maximum atomic E-state index is 2.47. The van der Waals surface area contributed by atoms with Crippen LogP contribution in [0.3, 0.4) is 0 Å². The highest BCUT2D eigenvalue weighted by molar-refractivity contribution is 7.22. The van der Waals surface area contributed by atoms with Crippen LogP contribution in [0.2, 0.25) is 0 Å². The molecule has 0 saturated carbocycles. The standard InChI is InChI=1S/C29H28Si/c1-29(2,3)21-22-18-19-28-26(20-22)25-16-10-11-17-27(25)30(28,23-12-6-4-7-13-23)24-14-8-5-9-15-24/h4-20H,21H2,1-3H3. The van der Waals surface area contributed by atoms with Crippen LogP contribution in [0.5, 0.6) is 0 Å². The molecular formula is C29H28Si. The van der Waals surface area contributed by atoms with E-state index < -0.39 is 8.07 Å². The van der Waals surface area contributed by atoms with Crippen molar-refractivity contribution in [2.75, 3.05) is 0 Å². The van der Waals surface area contributed by atoms with Crippen LogP contribution in [0.4, 0.5) is 0 Å². The zero-order valence-electron chi connectivity index (χ0n) is 18.0. The first-order chi connectivity index (χ1) is 14.5. The van der Waals surface area contributed by atoms with Gasteiger partial charge in [0.25, 0.3) is 0 Å². The summed E-state index contributed by atoms with van der Waals surface area (Å²) in [5.41, 5.74) is 4.57. The first-order valence-electron chi connectivity index (χ1n) is 10.8. The Balaban J connectivity index is 1.86. The van der Waals surface area contributed by atoms with Crippen LogP contribution in [0.1, 0.15) is 26.3 Å². The second-order valence-corrected chi connectivity index (χ2v) is 13.4. The zero-order valence-corrected chi connectivity index (χ0v) is 19.0. The topological polar surface area (TPSA) is 0 Å². The molecule has 0 spiro atoms. The molecule has 4 aromatic rings. The largest absolute Gasteiger partial charge is 0.180 e. The lowest BCUT2D eigenvalue weighted by molar-refractivity contribution is 0.411. The second-order valence-electron chi connectivity index (χ2n) is 9.65. The van der Waals surface area contributed by atoms with Gasteiger partial charge in [-0.05, 0) is 49.3 Å². The van der Waals surface area contributed by atoms with Gasteiger partial charge in [-0.15, -0.1) is 0 Å². The lowest BCUT2D eigenvalue weighted by Crippen LogP contribution is -2.72.